The first-order valence-electron chi connectivity index (χ1n) is 11.7. The second-order valence-corrected chi connectivity index (χ2v) is 9.17. The second-order valence-electron chi connectivity index (χ2n) is 9.17. The van der Waals surface area contributed by atoms with Crippen molar-refractivity contribution in [1.82, 2.24) is 15.1 Å². The van der Waals surface area contributed by atoms with Crippen molar-refractivity contribution in [3.05, 3.63) is 24.0 Å². The Labute approximate surface area is 196 Å². The van der Waals surface area contributed by atoms with Crippen LogP contribution in [0.25, 0.3) is 0 Å². The maximum atomic E-state index is 13.8. The van der Waals surface area contributed by atoms with Crippen LogP contribution in [0.4, 0.5) is 23.2 Å². The van der Waals surface area contributed by atoms with Gasteiger partial charge in [-0.25, -0.2) is 4.39 Å². The molecule has 188 valence electrons. The van der Waals surface area contributed by atoms with E-state index in [1.54, 1.807) is 0 Å². The highest BCUT2D eigenvalue weighted by atomic mass is 19.4. The number of alkyl halides is 3. The lowest BCUT2D eigenvalue weighted by Gasteiger charge is -2.37. The lowest BCUT2D eigenvalue weighted by Crippen LogP contribution is -2.47. The van der Waals surface area contributed by atoms with E-state index in [2.05, 4.69) is 10.2 Å². The zero-order valence-electron chi connectivity index (χ0n) is 19.0. The molecule has 2 aliphatic heterocycles. The van der Waals surface area contributed by atoms with E-state index in [1.165, 1.54) is 17.0 Å². The van der Waals surface area contributed by atoms with Gasteiger partial charge in [0.05, 0.1) is 11.6 Å². The quantitative estimate of drug-likeness (QED) is 0.405. The summed E-state index contributed by atoms with van der Waals surface area (Å²) in [5.74, 6) is -1.02. The van der Waals surface area contributed by atoms with E-state index in [0.29, 0.717) is 64.0 Å². The summed E-state index contributed by atoms with van der Waals surface area (Å²) in [5, 5.41) is 3.32. The number of carbonyl (C=O) groups is 2. The maximum absolute atomic E-state index is 13.8. The van der Waals surface area contributed by atoms with Gasteiger partial charge in [0.15, 0.2) is 6.61 Å². The second kappa shape index (κ2) is 10.5. The number of carbonyl (C=O) groups excluding carboxylic acids is 2. The van der Waals surface area contributed by atoms with Gasteiger partial charge >= 0.3 is 6.18 Å². The molecule has 0 spiro atoms. The third-order valence-corrected chi connectivity index (χ3v) is 6.45. The van der Waals surface area contributed by atoms with Crippen molar-refractivity contribution in [2.45, 2.75) is 37.9 Å². The Bertz CT molecular complexity index is 885. The van der Waals surface area contributed by atoms with Crippen LogP contribution in [0.2, 0.25) is 0 Å². The Kier molecular flexibility index (Phi) is 7.61. The van der Waals surface area contributed by atoms with Crippen LogP contribution < -0.4 is 15.0 Å². The summed E-state index contributed by atoms with van der Waals surface area (Å²) in [6.45, 7) is 2.47. The third kappa shape index (κ3) is 6.59. The van der Waals surface area contributed by atoms with Crippen molar-refractivity contribution >= 4 is 17.5 Å². The standard InChI is InChI=1S/C23H30F4N4O3/c24-17-2-5-20(34-15-23(25,26)27)19(13-17)30-10-8-29(9-11-30)6-1-7-31-21(32)12-16(22(31)33)14-28-18-3-4-18/h2,5,13,16,18,28H,1,3-4,6-12,14-15H2. The highest BCUT2D eigenvalue weighted by Gasteiger charge is 2.38. The van der Waals surface area contributed by atoms with Crippen molar-refractivity contribution in [3.8, 4) is 5.75 Å². The first kappa shape index (κ1) is 24.7. The molecule has 1 aromatic carbocycles. The number of rotatable bonds is 10. The van der Waals surface area contributed by atoms with E-state index >= 15 is 0 Å². The first-order valence-corrected chi connectivity index (χ1v) is 11.7. The Balaban J connectivity index is 1.22. The molecular formula is C23H30F4N4O3. The highest BCUT2D eigenvalue weighted by molar-refractivity contribution is 6.03. The van der Waals surface area contributed by atoms with E-state index in [0.717, 1.165) is 18.9 Å². The molecule has 0 bridgehead atoms. The fourth-order valence-electron chi connectivity index (χ4n) is 4.43. The lowest BCUT2D eigenvalue weighted by molar-refractivity contribution is -0.153. The lowest BCUT2D eigenvalue weighted by atomic mass is 10.1. The summed E-state index contributed by atoms with van der Waals surface area (Å²) in [5.41, 5.74) is 0.308. The molecule has 2 heterocycles. The van der Waals surface area contributed by atoms with Gasteiger partial charge in [-0.1, -0.05) is 0 Å². The molecule has 2 amide bonds. The van der Waals surface area contributed by atoms with Crippen molar-refractivity contribution in [2.75, 3.05) is 57.3 Å². The van der Waals surface area contributed by atoms with Crippen LogP contribution in [0.3, 0.4) is 0 Å². The average Bonchev–Trinajstić information content (AvgIpc) is 3.58. The molecule has 1 unspecified atom stereocenters. The van der Waals surface area contributed by atoms with Crippen LogP contribution in [0.15, 0.2) is 18.2 Å². The fraction of sp³-hybridized carbons (Fsp3) is 0.652. The van der Waals surface area contributed by atoms with Gasteiger partial charge in [0.2, 0.25) is 11.8 Å². The van der Waals surface area contributed by atoms with Gasteiger partial charge < -0.3 is 15.0 Å². The smallest absolute Gasteiger partial charge is 0.422 e. The molecule has 3 fully saturated rings. The largest absolute Gasteiger partial charge is 0.482 e. The van der Waals surface area contributed by atoms with Crippen molar-refractivity contribution in [1.29, 1.82) is 0 Å². The third-order valence-electron chi connectivity index (χ3n) is 6.45. The van der Waals surface area contributed by atoms with Crippen LogP contribution in [0.5, 0.6) is 5.75 Å². The minimum absolute atomic E-state index is 0.00367. The predicted molar refractivity (Wildman–Crippen MR) is 117 cm³/mol. The van der Waals surface area contributed by atoms with Crippen molar-refractivity contribution in [2.24, 2.45) is 5.92 Å². The van der Waals surface area contributed by atoms with Crippen LogP contribution in [-0.2, 0) is 9.59 Å². The summed E-state index contributed by atoms with van der Waals surface area (Å²) >= 11 is 0. The molecule has 4 rings (SSSR count). The number of benzene rings is 1. The SMILES string of the molecule is O=C1CC(CNC2CC2)C(=O)N1CCCN1CCN(c2cc(F)ccc2OCC(F)(F)F)CC1. The van der Waals surface area contributed by atoms with Crippen molar-refractivity contribution in [3.63, 3.8) is 0 Å². The van der Waals surface area contributed by atoms with Crippen LogP contribution in [0.1, 0.15) is 25.7 Å². The summed E-state index contributed by atoms with van der Waals surface area (Å²) in [7, 11) is 0. The maximum Gasteiger partial charge on any atom is 0.422 e. The van der Waals surface area contributed by atoms with Crippen LogP contribution in [0, 0.1) is 11.7 Å². The molecule has 1 atom stereocenters. The number of piperazine rings is 1. The Morgan fingerprint density at radius 1 is 1.06 bits per heavy atom. The number of nitrogens with one attached hydrogen (secondary N) is 1. The molecule has 1 N–H and O–H groups in total. The summed E-state index contributed by atoms with van der Waals surface area (Å²) in [6, 6.07) is 4.00. The van der Waals surface area contributed by atoms with Crippen molar-refractivity contribution < 1.29 is 31.9 Å². The normalized spacial score (nSPS) is 22.1. The summed E-state index contributed by atoms with van der Waals surface area (Å²) in [6.07, 6.45) is -1.29. The number of hydrogen-bond donors (Lipinski definition) is 1. The number of ether oxygens (including phenoxy) is 1. The van der Waals surface area contributed by atoms with E-state index in [1.807, 2.05) is 4.90 Å². The molecule has 1 aromatic rings. The topological polar surface area (TPSA) is 65.1 Å². The molecule has 3 aliphatic rings. The van der Waals surface area contributed by atoms with E-state index in [4.69, 9.17) is 4.74 Å². The molecule has 1 saturated carbocycles. The number of anilines is 1. The molecule has 34 heavy (non-hydrogen) atoms. The monoisotopic (exact) mass is 486 g/mol. The fourth-order valence-corrected chi connectivity index (χ4v) is 4.43. The van der Waals surface area contributed by atoms with E-state index in [-0.39, 0.29) is 29.9 Å². The molecular weight excluding hydrogens is 456 g/mol. The average molecular weight is 487 g/mol. The Morgan fingerprint density at radius 2 is 1.79 bits per heavy atom. The number of amides is 2. The summed E-state index contributed by atoms with van der Waals surface area (Å²) in [4.78, 5) is 30.1. The van der Waals surface area contributed by atoms with Crippen LogP contribution in [-0.4, -0.2) is 86.3 Å². The molecule has 1 aliphatic carbocycles. The van der Waals surface area contributed by atoms with Gasteiger partial charge in [-0.05, 0) is 37.9 Å². The number of likely N-dealkylation sites (tertiary alicyclic amines) is 1. The molecule has 2 saturated heterocycles. The summed E-state index contributed by atoms with van der Waals surface area (Å²) < 4.78 is 56.3. The molecule has 0 radical (unpaired) electrons. The van der Waals surface area contributed by atoms with Gasteiger partial charge in [0, 0.05) is 57.8 Å². The zero-order valence-corrected chi connectivity index (χ0v) is 19.0. The van der Waals surface area contributed by atoms with E-state index in [9.17, 15) is 27.2 Å². The van der Waals surface area contributed by atoms with Gasteiger partial charge in [-0.2, -0.15) is 13.2 Å². The Morgan fingerprint density at radius 3 is 2.47 bits per heavy atom. The zero-order chi connectivity index (χ0) is 24.3. The van der Waals surface area contributed by atoms with Crippen LogP contribution >= 0.6 is 0 Å². The predicted octanol–water partition coefficient (Wildman–Crippen LogP) is 2.41. The molecule has 7 nitrogen and oxygen atoms in total. The van der Waals surface area contributed by atoms with Gasteiger partial charge in [-0.3, -0.25) is 19.4 Å². The minimum atomic E-state index is -4.48. The number of hydrogen-bond acceptors (Lipinski definition) is 6. The Hall–Kier alpha value is -2.40. The highest BCUT2D eigenvalue weighted by Crippen LogP contribution is 2.31. The first-order chi connectivity index (χ1) is 16.2. The minimum Gasteiger partial charge on any atom is -0.482 e. The number of imide groups is 1. The van der Waals surface area contributed by atoms with Gasteiger partial charge in [-0.15, -0.1) is 0 Å². The van der Waals surface area contributed by atoms with Gasteiger partial charge in [0.25, 0.3) is 0 Å². The molecule has 0 aromatic heterocycles. The van der Waals surface area contributed by atoms with E-state index < -0.39 is 18.6 Å². The number of nitrogens with zero attached hydrogens (tertiary/aromatic N) is 3. The number of halogens is 4. The molecule has 11 heteroatoms. The van der Waals surface area contributed by atoms with Gasteiger partial charge in [0.1, 0.15) is 11.6 Å².